The van der Waals surface area contributed by atoms with Crippen LogP contribution in [0, 0.1) is 18.8 Å². The van der Waals surface area contributed by atoms with Gasteiger partial charge >= 0.3 is 0 Å². The van der Waals surface area contributed by atoms with Crippen LogP contribution in [0.3, 0.4) is 0 Å². The van der Waals surface area contributed by atoms with Crippen LogP contribution in [0.15, 0.2) is 77.7 Å². The van der Waals surface area contributed by atoms with Crippen molar-refractivity contribution in [2.45, 2.75) is 32.1 Å². The number of anilines is 1. The number of hydrogen-bond acceptors (Lipinski definition) is 4. The summed E-state index contributed by atoms with van der Waals surface area (Å²) in [5.41, 5.74) is 2.55. The maximum Gasteiger partial charge on any atom is 0.255 e. The van der Waals surface area contributed by atoms with Crippen molar-refractivity contribution in [3.63, 3.8) is 0 Å². The van der Waals surface area contributed by atoms with Crippen LogP contribution in [0.25, 0.3) is 0 Å². The largest absolute Gasteiger partial charge is 0.321 e. The lowest BCUT2D eigenvalue weighted by molar-refractivity contribution is 0.102. The second kappa shape index (κ2) is 10.1. The van der Waals surface area contributed by atoms with E-state index in [9.17, 15) is 18.0 Å². The van der Waals surface area contributed by atoms with Gasteiger partial charge in [-0.05, 0) is 61.6 Å². The number of rotatable bonds is 6. The van der Waals surface area contributed by atoms with Crippen LogP contribution in [0.2, 0.25) is 0 Å². The number of ketones is 1. The lowest BCUT2D eigenvalue weighted by Gasteiger charge is -2.34. The minimum Gasteiger partial charge on any atom is -0.321 e. The Labute approximate surface area is 207 Å². The summed E-state index contributed by atoms with van der Waals surface area (Å²) in [7, 11) is -3.63. The molecule has 7 heteroatoms. The first kappa shape index (κ1) is 24.8. The Bertz CT molecular complexity index is 1330. The standard InChI is InChI=1S/C28H30N2O4S/c1-19-9-14-26(25(16-19)27(31)22-7-5-4-6-8-22)29-28(32)23-10-12-24(13-11-23)35(33,34)30-17-20(2)15-21(3)18-30/h4-14,16,20-21H,15,17-18H2,1-3H3,(H,29,32). The Hall–Kier alpha value is -3.29. The molecule has 35 heavy (non-hydrogen) atoms. The molecule has 182 valence electrons. The number of hydrogen-bond donors (Lipinski definition) is 1. The van der Waals surface area contributed by atoms with E-state index >= 15 is 0 Å². The van der Waals surface area contributed by atoms with Crippen LogP contribution in [-0.2, 0) is 10.0 Å². The predicted molar refractivity (Wildman–Crippen MR) is 137 cm³/mol. The molecule has 3 aromatic carbocycles. The number of carbonyl (C=O) groups is 2. The number of carbonyl (C=O) groups excluding carboxylic acids is 2. The molecular weight excluding hydrogens is 460 g/mol. The summed E-state index contributed by atoms with van der Waals surface area (Å²) in [6.45, 7) is 7.01. The van der Waals surface area contributed by atoms with Crippen molar-refractivity contribution in [1.82, 2.24) is 4.31 Å². The number of nitrogens with zero attached hydrogens (tertiary/aromatic N) is 1. The highest BCUT2D eigenvalue weighted by Crippen LogP contribution is 2.27. The van der Waals surface area contributed by atoms with E-state index < -0.39 is 15.9 Å². The molecule has 0 bridgehead atoms. The van der Waals surface area contributed by atoms with E-state index in [2.05, 4.69) is 19.2 Å². The van der Waals surface area contributed by atoms with E-state index in [1.807, 2.05) is 19.1 Å². The van der Waals surface area contributed by atoms with Crippen molar-refractivity contribution in [3.05, 3.63) is 95.1 Å². The fourth-order valence-corrected chi connectivity index (χ4v) is 6.30. The molecule has 0 radical (unpaired) electrons. The zero-order chi connectivity index (χ0) is 25.2. The van der Waals surface area contributed by atoms with E-state index in [4.69, 9.17) is 0 Å². The van der Waals surface area contributed by atoms with Gasteiger partial charge in [0.05, 0.1) is 10.6 Å². The summed E-state index contributed by atoms with van der Waals surface area (Å²) in [4.78, 5) is 26.2. The minimum absolute atomic E-state index is 0.172. The highest BCUT2D eigenvalue weighted by atomic mass is 32.2. The van der Waals surface area contributed by atoms with E-state index in [0.29, 0.717) is 47.3 Å². The Morgan fingerprint density at radius 1 is 0.857 bits per heavy atom. The first-order valence-electron chi connectivity index (χ1n) is 11.8. The number of amides is 1. The topological polar surface area (TPSA) is 83.6 Å². The van der Waals surface area contributed by atoms with Gasteiger partial charge in [0, 0.05) is 29.8 Å². The molecule has 1 aliphatic rings. The van der Waals surface area contributed by atoms with Gasteiger partial charge in [-0.25, -0.2) is 8.42 Å². The predicted octanol–water partition coefficient (Wildman–Crippen LogP) is 5.14. The van der Waals surface area contributed by atoms with Crippen LogP contribution >= 0.6 is 0 Å². The SMILES string of the molecule is Cc1ccc(NC(=O)c2ccc(S(=O)(=O)N3CC(C)CC(C)C3)cc2)c(C(=O)c2ccccc2)c1. The van der Waals surface area contributed by atoms with Crippen molar-refractivity contribution in [3.8, 4) is 0 Å². The number of nitrogens with one attached hydrogen (secondary N) is 1. The maximum atomic E-state index is 13.1. The lowest BCUT2D eigenvalue weighted by atomic mass is 9.94. The third-order valence-corrected chi connectivity index (χ3v) is 8.14. The summed E-state index contributed by atoms with van der Waals surface area (Å²) in [5, 5.41) is 2.82. The van der Waals surface area contributed by atoms with Crippen molar-refractivity contribution in [1.29, 1.82) is 0 Å². The number of piperidine rings is 1. The monoisotopic (exact) mass is 490 g/mol. The van der Waals surface area contributed by atoms with Gasteiger partial charge in [-0.2, -0.15) is 4.31 Å². The van der Waals surface area contributed by atoms with E-state index in [1.165, 1.54) is 28.6 Å². The van der Waals surface area contributed by atoms with Gasteiger partial charge in [0.1, 0.15) is 0 Å². The number of benzene rings is 3. The highest BCUT2D eigenvalue weighted by Gasteiger charge is 2.31. The molecule has 6 nitrogen and oxygen atoms in total. The van der Waals surface area contributed by atoms with Crippen LogP contribution in [-0.4, -0.2) is 37.5 Å². The van der Waals surface area contributed by atoms with E-state index in [1.54, 1.807) is 36.4 Å². The highest BCUT2D eigenvalue weighted by molar-refractivity contribution is 7.89. The molecule has 1 N–H and O–H groups in total. The molecule has 3 aromatic rings. The van der Waals surface area contributed by atoms with Gasteiger partial charge in [-0.15, -0.1) is 0 Å². The Kier molecular flexibility index (Phi) is 7.19. The van der Waals surface area contributed by atoms with Crippen molar-refractivity contribution < 1.29 is 18.0 Å². The second-order valence-corrected chi connectivity index (χ2v) is 11.4. The zero-order valence-electron chi connectivity index (χ0n) is 20.2. The molecule has 1 heterocycles. The average Bonchev–Trinajstić information content (AvgIpc) is 2.84. The summed E-state index contributed by atoms with van der Waals surface area (Å²) in [6.07, 6.45) is 1.01. The van der Waals surface area contributed by atoms with Gasteiger partial charge < -0.3 is 5.32 Å². The maximum absolute atomic E-state index is 13.1. The molecule has 2 unspecified atom stereocenters. The number of aryl methyl sites for hydroxylation is 1. The third kappa shape index (κ3) is 5.52. The molecule has 0 aromatic heterocycles. The van der Waals surface area contributed by atoms with Crippen LogP contribution < -0.4 is 5.32 Å². The molecule has 4 rings (SSSR count). The molecule has 0 spiro atoms. The van der Waals surface area contributed by atoms with Gasteiger partial charge in [-0.1, -0.05) is 55.8 Å². The first-order valence-corrected chi connectivity index (χ1v) is 13.2. The minimum atomic E-state index is -3.63. The summed E-state index contributed by atoms with van der Waals surface area (Å²) in [6, 6.07) is 20.1. The van der Waals surface area contributed by atoms with Crippen LogP contribution in [0.4, 0.5) is 5.69 Å². The van der Waals surface area contributed by atoms with Gasteiger partial charge in [0.2, 0.25) is 10.0 Å². The second-order valence-electron chi connectivity index (χ2n) is 9.49. The molecule has 0 aliphatic carbocycles. The van der Waals surface area contributed by atoms with Crippen LogP contribution in [0.5, 0.6) is 0 Å². The van der Waals surface area contributed by atoms with E-state index in [0.717, 1.165) is 12.0 Å². The number of sulfonamides is 1. The Morgan fingerprint density at radius 2 is 1.49 bits per heavy atom. The molecule has 1 aliphatic heterocycles. The van der Waals surface area contributed by atoms with E-state index in [-0.39, 0.29) is 10.7 Å². The van der Waals surface area contributed by atoms with Gasteiger partial charge in [0.25, 0.3) is 5.91 Å². The van der Waals surface area contributed by atoms with Crippen molar-refractivity contribution >= 4 is 27.4 Å². The summed E-state index contributed by atoms with van der Waals surface area (Å²) < 4.78 is 27.8. The molecule has 1 amide bonds. The smallest absolute Gasteiger partial charge is 0.255 e. The Balaban J connectivity index is 1.54. The van der Waals surface area contributed by atoms with Crippen LogP contribution in [0.1, 0.15) is 52.1 Å². The Morgan fingerprint density at radius 3 is 2.11 bits per heavy atom. The quantitative estimate of drug-likeness (QED) is 0.485. The fourth-order valence-electron chi connectivity index (χ4n) is 4.62. The van der Waals surface area contributed by atoms with Crippen molar-refractivity contribution in [2.24, 2.45) is 11.8 Å². The zero-order valence-corrected chi connectivity index (χ0v) is 21.0. The molecule has 1 saturated heterocycles. The van der Waals surface area contributed by atoms with Crippen molar-refractivity contribution in [2.75, 3.05) is 18.4 Å². The van der Waals surface area contributed by atoms with Gasteiger partial charge in [0.15, 0.2) is 5.78 Å². The molecular formula is C28H30N2O4S. The third-order valence-electron chi connectivity index (χ3n) is 6.29. The average molecular weight is 491 g/mol. The molecule has 1 fully saturated rings. The summed E-state index contributed by atoms with van der Waals surface area (Å²) >= 11 is 0. The summed E-state index contributed by atoms with van der Waals surface area (Å²) in [5.74, 6) is 0.0120. The lowest BCUT2D eigenvalue weighted by Crippen LogP contribution is -2.42. The normalized spacial score (nSPS) is 18.7. The molecule has 0 saturated carbocycles. The fraction of sp³-hybridized carbons (Fsp3) is 0.286. The first-order chi connectivity index (χ1) is 16.6. The van der Waals surface area contributed by atoms with Gasteiger partial charge in [-0.3, -0.25) is 9.59 Å². The molecule has 2 atom stereocenters.